The largest absolute Gasteiger partial charge is 0.493 e. The molecule has 10 heteroatoms. The second-order valence-electron chi connectivity index (χ2n) is 5.67. The van der Waals surface area contributed by atoms with Crippen molar-refractivity contribution in [3.05, 3.63) is 58.6 Å². The van der Waals surface area contributed by atoms with Crippen LogP contribution in [-0.4, -0.2) is 37.7 Å². The molecular formula is C19H19ClN4O5. The average Bonchev–Trinajstić information content (AvgIpc) is 2.71. The molecule has 0 fully saturated rings. The quantitative estimate of drug-likeness (QED) is 0.334. The van der Waals surface area contributed by atoms with E-state index in [1.54, 1.807) is 42.5 Å². The Morgan fingerprint density at radius 2 is 1.83 bits per heavy atom. The third-order valence-corrected chi connectivity index (χ3v) is 3.76. The van der Waals surface area contributed by atoms with Crippen LogP contribution in [0.4, 0.5) is 0 Å². The maximum Gasteiger partial charge on any atom is 0.329 e. The van der Waals surface area contributed by atoms with Crippen molar-refractivity contribution in [3.63, 3.8) is 0 Å². The minimum Gasteiger partial charge on any atom is -0.493 e. The third kappa shape index (κ3) is 7.15. The maximum atomic E-state index is 11.8. The lowest BCUT2D eigenvalue weighted by atomic mass is 10.2. The summed E-state index contributed by atoms with van der Waals surface area (Å²) in [5.74, 6) is -1.68. The number of hydrogen-bond acceptors (Lipinski definition) is 6. The van der Waals surface area contributed by atoms with E-state index in [0.29, 0.717) is 22.1 Å². The molecule has 2 aromatic carbocycles. The molecule has 152 valence electrons. The van der Waals surface area contributed by atoms with Gasteiger partial charge in [0.15, 0.2) is 18.1 Å². The van der Waals surface area contributed by atoms with Crippen LogP contribution in [-0.2, 0) is 20.9 Å². The summed E-state index contributed by atoms with van der Waals surface area (Å²) < 4.78 is 10.4. The average molecular weight is 419 g/mol. The van der Waals surface area contributed by atoms with E-state index in [1.807, 2.05) is 0 Å². The lowest BCUT2D eigenvalue weighted by Gasteiger charge is -2.09. The number of methoxy groups -OCH3 is 1. The highest BCUT2D eigenvalue weighted by Gasteiger charge is 2.12. The van der Waals surface area contributed by atoms with Gasteiger partial charge in [-0.1, -0.05) is 23.7 Å². The first-order valence-corrected chi connectivity index (χ1v) is 8.71. The molecule has 3 amide bonds. The van der Waals surface area contributed by atoms with Gasteiger partial charge in [0.1, 0.15) is 0 Å². The lowest BCUT2D eigenvalue weighted by Crippen LogP contribution is -2.37. The molecular weight excluding hydrogens is 400 g/mol. The highest BCUT2D eigenvalue weighted by Crippen LogP contribution is 2.27. The Balaban J connectivity index is 1.87. The first kappa shape index (κ1) is 21.7. The Morgan fingerprint density at radius 1 is 1.10 bits per heavy atom. The zero-order valence-corrected chi connectivity index (χ0v) is 16.2. The Bertz CT molecular complexity index is 915. The molecule has 0 radical (unpaired) electrons. The molecule has 4 N–H and O–H groups in total. The minimum atomic E-state index is -0.913. The summed E-state index contributed by atoms with van der Waals surface area (Å²) in [6, 6.07) is 11.6. The van der Waals surface area contributed by atoms with Crippen molar-refractivity contribution in [2.45, 2.75) is 6.54 Å². The summed E-state index contributed by atoms with van der Waals surface area (Å²) in [6.45, 7) is -0.109. The fourth-order valence-corrected chi connectivity index (χ4v) is 2.24. The zero-order valence-electron chi connectivity index (χ0n) is 15.5. The van der Waals surface area contributed by atoms with Gasteiger partial charge in [-0.15, -0.1) is 0 Å². The molecule has 0 bridgehead atoms. The Hall–Kier alpha value is -3.59. The van der Waals surface area contributed by atoms with Crippen LogP contribution in [0.15, 0.2) is 47.6 Å². The molecule has 0 saturated heterocycles. The monoisotopic (exact) mass is 418 g/mol. The summed E-state index contributed by atoms with van der Waals surface area (Å²) in [5.41, 5.74) is 8.53. The number of benzene rings is 2. The number of amides is 3. The van der Waals surface area contributed by atoms with Crippen molar-refractivity contribution in [1.82, 2.24) is 10.7 Å². The van der Waals surface area contributed by atoms with Gasteiger partial charge >= 0.3 is 11.8 Å². The topological polar surface area (TPSA) is 132 Å². The van der Waals surface area contributed by atoms with Gasteiger partial charge in [-0.3, -0.25) is 14.4 Å². The maximum absolute atomic E-state index is 11.8. The van der Waals surface area contributed by atoms with Crippen LogP contribution < -0.4 is 25.9 Å². The van der Waals surface area contributed by atoms with Gasteiger partial charge in [0.25, 0.3) is 5.91 Å². The van der Waals surface area contributed by atoms with Gasteiger partial charge < -0.3 is 20.5 Å². The third-order valence-electron chi connectivity index (χ3n) is 3.51. The fourth-order valence-electron chi connectivity index (χ4n) is 2.11. The molecule has 9 nitrogen and oxygen atoms in total. The number of nitrogens with zero attached hydrogens (tertiary/aromatic N) is 1. The SMILES string of the molecule is COc1cc(/C=N\NC(=O)C(=O)NCc2ccc(Cl)cc2)ccc1OCC(N)=O. The number of hydrazone groups is 1. The lowest BCUT2D eigenvalue weighted by molar-refractivity contribution is -0.139. The minimum absolute atomic E-state index is 0.178. The van der Waals surface area contributed by atoms with Gasteiger partial charge in [0.05, 0.1) is 13.3 Å². The Labute approximate surface area is 171 Å². The first-order chi connectivity index (χ1) is 13.9. The molecule has 29 heavy (non-hydrogen) atoms. The van der Waals surface area contributed by atoms with Crippen LogP contribution >= 0.6 is 11.6 Å². The number of primary amides is 1. The van der Waals surface area contributed by atoms with E-state index in [-0.39, 0.29) is 13.2 Å². The fraction of sp³-hybridized carbons (Fsp3) is 0.158. The first-order valence-electron chi connectivity index (χ1n) is 8.34. The van der Waals surface area contributed by atoms with E-state index < -0.39 is 17.7 Å². The number of halogens is 1. The molecule has 0 atom stereocenters. The highest BCUT2D eigenvalue weighted by molar-refractivity contribution is 6.35. The molecule has 0 unspecified atom stereocenters. The predicted octanol–water partition coefficient (Wildman–Crippen LogP) is 0.979. The highest BCUT2D eigenvalue weighted by atomic mass is 35.5. The van der Waals surface area contributed by atoms with E-state index in [1.165, 1.54) is 13.3 Å². The van der Waals surface area contributed by atoms with E-state index >= 15 is 0 Å². The number of hydrogen-bond donors (Lipinski definition) is 3. The number of carbonyl (C=O) groups is 3. The normalized spacial score (nSPS) is 10.4. The number of rotatable bonds is 8. The van der Waals surface area contributed by atoms with Gasteiger partial charge in [-0.05, 0) is 41.5 Å². The van der Waals surface area contributed by atoms with Gasteiger partial charge in [0, 0.05) is 11.6 Å². The summed E-state index contributed by atoms with van der Waals surface area (Å²) in [6.07, 6.45) is 1.32. The van der Waals surface area contributed by atoms with Gasteiger partial charge in [-0.2, -0.15) is 5.10 Å². The molecule has 0 aromatic heterocycles. The Kier molecular flexibility index (Phi) is 7.99. The van der Waals surface area contributed by atoms with Crippen molar-refractivity contribution in [2.75, 3.05) is 13.7 Å². The second-order valence-corrected chi connectivity index (χ2v) is 6.11. The van der Waals surface area contributed by atoms with Crippen molar-refractivity contribution < 1.29 is 23.9 Å². The molecule has 0 heterocycles. The molecule has 0 aliphatic rings. The van der Waals surface area contributed by atoms with Crippen molar-refractivity contribution in [3.8, 4) is 11.5 Å². The number of carbonyl (C=O) groups excluding carboxylic acids is 3. The number of nitrogens with two attached hydrogens (primary N) is 1. The Morgan fingerprint density at radius 3 is 2.48 bits per heavy atom. The summed E-state index contributed by atoms with van der Waals surface area (Å²) in [5, 5.41) is 6.79. The summed E-state index contributed by atoms with van der Waals surface area (Å²) in [7, 11) is 1.43. The van der Waals surface area contributed by atoms with E-state index in [9.17, 15) is 14.4 Å². The van der Waals surface area contributed by atoms with Crippen LogP contribution in [0.2, 0.25) is 5.02 Å². The van der Waals surface area contributed by atoms with Crippen molar-refractivity contribution in [2.24, 2.45) is 10.8 Å². The summed E-state index contributed by atoms with van der Waals surface area (Å²) >= 11 is 5.79. The molecule has 0 aliphatic heterocycles. The van der Waals surface area contributed by atoms with Crippen LogP contribution in [0.25, 0.3) is 0 Å². The molecule has 0 saturated carbocycles. The second kappa shape index (κ2) is 10.7. The number of nitrogens with one attached hydrogen (secondary N) is 2. The van der Waals surface area contributed by atoms with Crippen molar-refractivity contribution >= 4 is 35.5 Å². The van der Waals surface area contributed by atoms with Crippen LogP contribution in [0.1, 0.15) is 11.1 Å². The van der Waals surface area contributed by atoms with Crippen LogP contribution in [0.3, 0.4) is 0 Å². The van der Waals surface area contributed by atoms with Crippen LogP contribution in [0.5, 0.6) is 11.5 Å². The molecule has 2 rings (SSSR count). The standard InChI is InChI=1S/C19H19ClN4O5/c1-28-16-8-13(4-7-15(16)29-11-17(21)25)10-23-24-19(27)18(26)22-9-12-2-5-14(20)6-3-12/h2-8,10H,9,11H2,1H3,(H2,21,25)(H,22,26)(H,24,27)/b23-10-. The summed E-state index contributed by atoms with van der Waals surface area (Å²) in [4.78, 5) is 34.4. The molecule has 0 aliphatic carbocycles. The van der Waals surface area contributed by atoms with Crippen LogP contribution in [0, 0.1) is 0 Å². The zero-order chi connectivity index (χ0) is 21.2. The molecule has 2 aromatic rings. The van der Waals surface area contributed by atoms with E-state index in [2.05, 4.69) is 15.8 Å². The molecule has 0 spiro atoms. The van der Waals surface area contributed by atoms with Crippen molar-refractivity contribution in [1.29, 1.82) is 0 Å². The predicted molar refractivity (Wildman–Crippen MR) is 107 cm³/mol. The number of ether oxygens (including phenoxy) is 2. The van der Waals surface area contributed by atoms with E-state index in [4.69, 9.17) is 26.8 Å². The van der Waals surface area contributed by atoms with Gasteiger partial charge in [0.2, 0.25) is 0 Å². The smallest absolute Gasteiger partial charge is 0.329 e. The van der Waals surface area contributed by atoms with Gasteiger partial charge in [-0.25, -0.2) is 5.43 Å². The van der Waals surface area contributed by atoms with E-state index in [0.717, 1.165) is 5.56 Å².